The van der Waals surface area contributed by atoms with Crippen molar-refractivity contribution < 1.29 is 9.53 Å². The summed E-state index contributed by atoms with van der Waals surface area (Å²) in [5.74, 6) is -0.0904. The van der Waals surface area contributed by atoms with Crippen LogP contribution in [-0.2, 0) is 4.74 Å². The highest BCUT2D eigenvalue weighted by Gasteiger charge is 2.31. The number of ether oxygens (including phenoxy) is 1. The third-order valence-corrected chi connectivity index (χ3v) is 3.16. The van der Waals surface area contributed by atoms with Crippen LogP contribution in [0.2, 0.25) is 0 Å². The summed E-state index contributed by atoms with van der Waals surface area (Å²) < 4.78 is 5.46. The highest BCUT2D eigenvalue weighted by atomic mass is 16.5. The Morgan fingerprint density at radius 1 is 1.59 bits per heavy atom. The molecule has 2 atom stereocenters. The summed E-state index contributed by atoms with van der Waals surface area (Å²) in [6.45, 7) is 2.69. The van der Waals surface area contributed by atoms with Crippen LogP contribution in [0.5, 0.6) is 0 Å². The maximum Gasteiger partial charge on any atom is 0.272 e. The van der Waals surface area contributed by atoms with Crippen LogP contribution < -0.4 is 5.73 Å². The van der Waals surface area contributed by atoms with E-state index in [4.69, 9.17) is 10.5 Å². The first-order valence-corrected chi connectivity index (χ1v) is 5.70. The van der Waals surface area contributed by atoms with Gasteiger partial charge in [0.05, 0.1) is 24.0 Å². The minimum absolute atomic E-state index is 0.0812. The van der Waals surface area contributed by atoms with Crippen LogP contribution in [0.1, 0.15) is 23.8 Å². The second kappa shape index (κ2) is 4.71. The van der Waals surface area contributed by atoms with Crippen molar-refractivity contribution in [3.63, 3.8) is 0 Å². The SMILES string of the molecule is CC1OCCC1N(C)C(=O)c1ccc(N)cn1. The number of nitrogens with zero attached hydrogens (tertiary/aromatic N) is 2. The van der Waals surface area contributed by atoms with E-state index >= 15 is 0 Å². The predicted octanol–water partition coefficient (Wildman–Crippen LogP) is 0.913. The molecule has 1 aromatic rings. The fraction of sp³-hybridized carbons (Fsp3) is 0.500. The summed E-state index contributed by atoms with van der Waals surface area (Å²) in [5, 5.41) is 0. The van der Waals surface area contributed by atoms with Crippen molar-refractivity contribution in [2.45, 2.75) is 25.5 Å². The predicted molar refractivity (Wildman–Crippen MR) is 64.6 cm³/mol. The summed E-state index contributed by atoms with van der Waals surface area (Å²) in [5.41, 5.74) is 6.51. The molecular weight excluding hydrogens is 218 g/mol. The molecule has 1 fully saturated rings. The number of nitrogen functional groups attached to an aromatic ring is 1. The van der Waals surface area contributed by atoms with E-state index in [-0.39, 0.29) is 18.1 Å². The van der Waals surface area contributed by atoms with E-state index in [2.05, 4.69) is 4.98 Å². The van der Waals surface area contributed by atoms with Crippen molar-refractivity contribution >= 4 is 11.6 Å². The molecule has 17 heavy (non-hydrogen) atoms. The number of carbonyl (C=O) groups is 1. The number of aromatic nitrogens is 1. The Hall–Kier alpha value is -1.62. The molecule has 92 valence electrons. The third kappa shape index (κ3) is 2.39. The standard InChI is InChI=1S/C12H17N3O2/c1-8-11(5-6-17-8)15(2)12(16)10-4-3-9(13)7-14-10/h3-4,7-8,11H,5-6,13H2,1-2H3. The van der Waals surface area contributed by atoms with Crippen molar-refractivity contribution in [2.24, 2.45) is 0 Å². The summed E-state index contributed by atoms with van der Waals surface area (Å²) in [4.78, 5) is 17.9. The van der Waals surface area contributed by atoms with Gasteiger partial charge in [-0.05, 0) is 25.5 Å². The Morgan fingerprint density at radius 3 is 2.88 bits per heavy atom. The lowest BCUT2D eigenvalue weighted by molar-refractivity contribution is 0.0570. The van der Waals surface area contributed by atoms with Crippen LogP contribution in [0.15, 0.2) is 18.3 Å². The molecule has 2 unspecified atom stereocenters. The molecular formula is C12H17N3O2. The zero-order valence-electron chi connectivity index (χ0n) is 10.1. The molecule has 2 heterocycles. The van der Waals surface area contributed by atoms with E-state index in [0.29, 0.717) is 18.0 Å². The number of carbonyl (C=O) groups excluding carboxylic acids is 1. The first kappa shape index (κ1) is 11.9. The van der Waals surface area contributed by atoms with Gasteiger partial charge in [-0.15, -0.1) is 0 Å². The van der Waals surface area contributed by atoms with Gasteiger partial charge in [-0.3, -0.25) is 4.79 Å². The van der Waals surface area contributed by atoms with Crippen LogP contribution >= 0.6 is 0 Å². The van der Waals surface area contributed by atoms with Crippen molar-refractivity contribution in [2.75, 3.05) is 19.4 Å². The molecule has 1 aliphatic heterocycles. The molecule has 0 aliphatic carbocycles. The fourth-order valence-corrected chi connectivity index (χ4v) is 2.09. The van der Waals surface area contributed by atoms with Crippen LogP contribution in [-0.4, -0.2) is 41.6 Å². The lowest BCUT2D eigenvalue weighted by Gasteiger charge is -2.26. The highest BCUT2D eigenvalue weighted by molar-refractivity contribution is 5.92. The van der Waals surface area contributed by atoms with Gasteiger partial charge >= 0.3 is 0 Å². The zero-order valence-corrected chi connectivity index (χ0v) is 10.1. The maximum atomic E-state index is 12.2. The molecule has 0 spiro atoms. The minimum Gasteiger partial charge on any atom is -0.397 e. The molecule has 1 saturated heterocycles. The van der Waals surface area contributed by atoms with Gasteiger partial charge < -0.3 is 15.4 Å². The molecule has 0 saturated carbocycles. The van der Waals surface area contributed by atoms with Crippen molar-refractivity contribution in [1.82, 2.24) is 9.88 Å². The van der Waals surface area contributed by atoms with Crippen molar-refractivity contribution in [1.29, 1.82) is 0 Å². The van der Waals surface area contributed by atoms with E-state index < -0.39 is 0 Å². The number of amides is 1. The largest absolute Gasteiger partial charge is 0.397 e. The highest BCUT2D eigenvalue weighted by Crippen LogP contribution is 2.19. The lowest BCUT2D eigenvalue weighted by atomic mass is 10.1. The molecule has 5 heteroatoms. The Kier molecular flexibility index (Phi) is 3.28. The van der Waals surface area contributed by atoms with Gasteiger partial charge in [0.15, 0.2) is 0 Å². The number of hydrogen-bond acceptors (Lipinski definition) is 4. The summed E-state index contributed by atoms with van der Waals surface area (Å²) in [6, 6.07) is 3.46. The summed E-state index contributed by atoms with van der Waals surface area (Å²) in [7, 11) is 1.79. The van der Waals surface area contributed by atoms with Crippen molar-refractivity contribution in [3.8, 4) is 0 Å². The third-order valence-electron chi connectivity index (χ3n) is 3.16. The monoisotopic (exact) mass is 235 g/mol. The molecule has 1 amide bonds. The smallest absolute Gasteiger partial charge is 0.272 e. The van der Waals surface area contributed by atoms with Crippen molar-refractivity contribution in [3.05, 3.63) is 24.0 Å². The summed E-state index contributed by atoms with van der Waals surface area (Å²) >= 11 is 0. The average molecular weight is 235 g/mol. The molecule has 0 bridgehead atoms. The van der Waals surface area contributed by atoms with Gasteiger partial charge in [-0.1, -0.05) is 0 Å². The molecule has 0 aromatic carbocycles. The number of pyridine rings is 1. The van der Waals surface area contributed by atoms with E-state index in [1.165, 1.54) is 6.20 Å². The first-order chi connectivity index (χ1) is 8.09. The number of nitrogens with two attached hydrogens (primary N) is 1. The van der Waals surface area contributed by atoms with Crippen LogP contribution in [0.3, 0.4) is 0 Å². The van der Waals surface area contributed by atoms with Crippen LogP contribution in [0.25, 0.3) is 0 Å². The molecule has 5 nitrogen and oxygen atoms in total. The Bertz CT molecular complexity index is 405. The molecule has 0 radical (unpaired) electrons. The molecule has 2 rings (SSSR count). The Labute approximate surface area is 101 Å². The quantitative estimate of drug-likeness (QED) is 0.827. The number of rotatable bonds is 2. The molecule has 1 aromatic heterocycles. The number of anilines is 1. The maximum absolute atomic E-state index is 12.2. The Morgan fingerprint density at radius 2 is 2.35 bits per heavy atom. The number of hydrogen-bond donors (Lipinski definition) is 1. The zero-order chi connectivity index (χ0) is 12.4. The number of likely N-dealkylation sites (N-methyl/N-ethyl adjacent to an activating group) is 1. The minimum atomic E-state index is -0.0904. The van der Waals surface area contributed by atoms with Gasteiger partial charge in [0.25, 0.3) is 5.91 Å². The van der Waals surface area contributed by atoms with Gasteiger partial charge in [0.1, 0.15) is 5.69 Å². The summed E-state index contributed by atoms with van der Waals surface area (Å²) in [6.07, 6.45) is 2.45. The average Bonchev–Trinajstić information content (AvgIpc) is 2.74. The van der Waals surface area contributed by atoms with E-state index in [9.17, 15) is 4.79 Å². The van der Waals surface area contributed by atoms with Gasteiger partial charge in [-0.25, -0.2) is 4.98 Å². The second-order valence-corrected chi connectivity index (χ2v) is 4.32. The first-order valence-electron chi connectivity index (χ1n) is 5.70. The molecule has 2 N–H and O–H groups in total. The second-order valence-electron chi connectivity index (χ2n) is 4.32. The lowest BCUT2D eigenvalue weighted by Crippen LogP contribution is -2.41. The van der Waals surface area contributed by atoms with E-state index in [0.717, 1.165) is 6.42 Å². The van der Waals surface area contributed by atoms with Gasteiger partial charge in [0.2, 0.25) is 0 Å². The van der Waals surface area contributed by atoms with Gasteiger partial charge in [0, 0.05) is 13.7 Å². The van der Waals surface area contributed by atoms with Crippen LogP contribution in [0, 0.1) is 0 Å². The topological polar surface area (TPSA) is 68.5 Å². The van der Waals surface area contributed by atoms with E-state index in [1.807, 2.05) is 6.92 Å². The van der Waals surface area contributed by atoms with Gasteiger partial charge in [-0.2, -0.15) is 0 Å². The fourth-order valence-electron chi connectivity index (χ4n) is 2.09. The molecule has 1 aliphatic rings. The Balaban J connectivity index is 2.11. The normalized spacial score (nSPS) is 23.6. The van der Waals surface area contributed by atoms with E-state index in [1.54, 1.807) is 24.1 Å². The van der Waals surface area contributed by atoms with Crippen LogP contribution in [0.4, 0.5) is 5.69 Å².